The number of carbonyl (C=O) groups is 1. The first-order chi connectivity index (χ1) is 7.13. The molecule has 1 aromatic carbocycles. The molecule has 80 valence electrons. The minimum atomic E-state index is -0.235. The van der Waals surface area contributed by atoms with Crippen LogP contribution in [-0.2, 0) is 9.53 Å². The highest BCUT2D eigenvalue weighted by molar-refractivity contribution is 6.36. The number of carbonyl (C=O) groups excluding carboxylic acids is 1. The lowest BCUT2D eigenvalue weighted by molar-refractivity contribution is -0.139. The van der Waals surface area contributed by atoms with Gasteiger partial charge in [0.25, 0.3) is 0 Å². The van der Waals surface area contributed by atoms with E-state index in [1.54, 1.807) is 18.2 Å². The highest BCUT2D eigenvalue weighted by atomic mass is 35.5. The Morgan fingerprint density at radius 3 is 2.87 bits per heavy atom. The highest BCUT2D eigenvalue weighted by Gasteiger charge is 2.42. The molecule has 0 radical (unpaired) electrons. The average Bonchev–Trinajstić information content (AvgIpc) is 2.96. The lowest BCUT2D eigenvalue weighted by Crippen LogP contribution is -2.13. The molecule has 1 aromatic rings. The topological polar surface area (TPSA) is 29.3 Å². The average molecular weight is 246 g/mol. The van der Waals surface area contributed by atoms with Crippen molar-refractivity contribution < 1.29 is 9.53 Å². The summed E-state index contributed by atoms with van der Waals surface area (Å²) < 4.78 is 4.64. The number of rotatable bonds is 2. The van der Waals surface area contributed by atoms with E-state index in [0.717, 1.165) is 5.69 Å². The van der Waals surface area contributed by atoms with E-state index in [2.05, 4.69) is 4.74 Å². The van der Waals surface area contributed by atoms with E-state index in [1.165, 1.54) is 7.11 Å². The number of benzene rings is 1. The van der Waals surface area contributed by atoms with Gasteiger partial charge in [0.2, 0.25) is 0 Å². The number of halogens is 2. The molecule has 2 rings (SSSR count). The Bertz CT molecular complexity index is 408. The van der Waals surface area contributed by atoms with E-state index < -0.39 is 0 Å². The molecule has 0 aromatic heterocycles. The fourth-order valence-corrected chi connectivity index (χ4v) is 1.97. The molecule has 0 N–H and O–H groups in total. The number of ether oxygens (including phenoxy) is 1. The second-order valence-corrected chi connectivity index (χ2v) is 4.13. The van der Waals surface area contributed by atoms with E-state index in [9.17, 15) is 4.79 Å². The number of anilines is 1. The Morgan fingerprint density at radius 1 is 1.53 bits per heavy atom. The van der Waals surface area contributed by atoms with Crippen LogP contribution >= 0.6 is 23.2 Å². The highest BCUT2D eigenvalue weighted by Crippen LogP contribution is 2.35. The Morgan fingerprint density at radius 2 is 2.27 bits per heavy atom. The zero-order chi connectivity index (χ0) is 11.0. The number of methoxy groups -OCH3 is 1. The molecular weight excluding hydrogens is 237 g/mol. The van der Waals surface area contributed by atoms with Crippen molar-refractivity contribution >= 4 is 34.9 Å². The predicted molar refractivity (Wildman–Crippen MR) is 59.6 cm³/mol. The van der Waals surface area contributed by atoms with Crippen LogP contribution in [0.5, 0.6) is 0 Å². The van der Waals surface area contributed by atoms with Crippen LogP contribution in [0.25, 0.3) is 0 Å². The van der Waals surface area contributed by atoms with Crippen molar-refractivity contribution in [2.24, 2.45) is 0 Å². The third kappa shape index (κ3) is 2.03. The van der Waals surface area contributed by atoms with Crippen LogP contribution < -0.4 is 4.90 Å². The third-order valence-electron chi connectivity index (χ3n) is 2.30. The van der Waals surface area contributed by atoms with Gasteiger partial charge in [0.1, 0.15) is 6.04 Å². The first-order valence-corrected chi connectivity index (χ1v) is 5.18. The summed E-state index contributed by atoms with van der Waals surface area (Å²) in [6.07, 6.45) is 0. The van der Waals surface area contributed by atoms with E-state index in [0.29, 0.717) is 16.6 Å². The van der Waals surface area contributed by atoms with Crippen LogP contribution in [-0.4, -0.2) is 25.7 Å². The summed E-state index contributed by atoms with van der Waals surface area (Å²) in [6, 6.07) is 5.00. The quantitative estimate of drug-likeness (QED) is 0.592. The van der Waals surface area contributed by atoms with E-state index in [4.69, 9.17) is 23.2 Å². The lowest BCUT2D eigenvalue weighted by atomic mass is 10.3. The van der Waals surface area contributed by atoms with Crippen molar-refractivity contribution in [3.8, 4) is 0 Å². The minimum Gasteiger partial charge on any atom is -0.467 e. The molecule has 1 heterocycles. The molecule has 15 heavy (non-hydrogen) atoms. The van der Waals surface area contributed by atoms with Gasteiger partial charge in [0.05, 0.1) is 24.4 Å². The second kappa shape index (κ2) is 3.91. The van der Waals surface area contributed by atoms with Crippen LogP contribution in [0.2, 0.25) is 10.0 Å². The molecule has 0 spiro atoms. The van der Waals surface area contributed by atoms with Crippen molar-refractivity contribution in [2.75, 3.05) is 18.6 Å². The smallest absolute Gasteiger partial charge is 0.330 e. The van der Waals surface area contributed by atoms with Gasteiger partial charge in [0.15, 0.2) is 0 Å². The van der Waals surface area contributed by atoms with Gasteiger partial charge >= 0.3 is 5.97 Å². The molecule has 0 bridgehead atoms. The summed E-state index contributed by atoms with van der Waals surface area (Å²) >= 11 is 11.8. The summed E-state index contributed by atoms with van der Waals surface area (Å²) in [5.41, 5.74) is 0.816. The Hall–Kier alpha value is -0.930. The summed E-state index contributed by atoms with van der Waals surface area (Å²) in [7, 11) is 1.38. The Balaban J connectivity index is 2.16. The van der Waals surface area contributed by atoms with Gasteiger partial charge in [-0.15, -0.1) is 0 Å². The van der Waals surface area contributed by atoms with E-state index in [1.807, 2.05) is 4.90 Å². The van der Waals surface area contributed by atoms with Gasteiger partial charge < -0.3 is 9.64 Å². The fraction of sp³-hybridized carbons (Fsp3) is 0.300. The zero-order valence-electron chi connectivity index (χ0n) is 8.04. The maximum atomic E-state index is 11.2. The normalized spacial score (nSPS) is 18.9. The second-order valence-electron chi connectivity index (χ2n) is 3.29. The number of nitrogens with zero attached hydrogens (tertiary/aromatic N) is 1. The van der Waals surface area contributed by atoms with Crippen molar-refractivity contribution in [3.63, 3.8) is 0 Å². The standard InChI is InChI=1S/C10H9Cl2NO2/c1-15-10(14)9-5-13(9)8-3-2-6(11)4-7(8)12/h2-4,9H,5H2,1H3. The molecule has 5 heteroatoms. The Kier molecular flexibility index (Phi) is 2.76. The number of hydrogen-bond acceptors (Lipinski definition) is 3. The first-order valence-electron chi connectivity index (χ1n) is 4.43. The van der Waals surface area contributed by atoms with Crippen LogP contribution in [0.15, 0.2) is 18.2 Å². The van der Waals surface area contributed by atoms with Gasteiger partial charge in [-0.25, -0.2) is 4.79 Å². The largest absolute Gasteiger partial charge is 0.467 e. The first kappa shape index (κ1) is 10.6. The number of esters is 1. The van der Waals surface area contributed by atoms with Crippen LogP contribution in [0, 0.1) is 0 Å². The third-order valence-corrected chi connectivity index (χ3v) is 2.84. The fourth-order valence-electron chi connectivity index (χ4n) is 1.46. The Labute approximate surface area is 97.5 Å². The van der Waals surface area contributed by atoms with Gasteiger partial charge in [-0.1, -0.05) is 23.2 Å². The molecule has 0 amide bonds. The monoisotopic (exact) mass is 245 g/mol. The van der Waals surface area contributed by atoms with Crippen LogP contribution in [0.4, 0.5) is 5.69 Å². The molecule has 1 aliphatic heterocycles. The minimum absolute atomic E-state index is 0.200. The summed E-state index contributed by atoms with van der Waals surface area (Å²) in [4.78, 5) is 13.1. The van der Waals surface area contributed by atoms with Crippen molar-refractivity contribution in [2.45, 2.75) is 6.04 Å². The van der Waals surface area contributed by atoms with Crippen LogP contribution in [0.3, 0.4) is 0 Å². The van der Waals surface area contributed by atoms with Crippen molar-refractivity contribution in [3.05, 3.63) is 28.2 Å². The van der Waals surface area contributed by atoms with E-state index >= 15 is 0 Å². The molecule has 1 atom stereocenters. The van der Waals surface area contributed by atoms with Crippen molar-refractivity contribution in [1.29, 1.82) is 0 Å². The van der Waals surface area contributed by atoms with Crippen LogP contribution in [0.1, 0.15) is 0 Å². The summed E-state index contributed by atoms with van der Waals surface area (Å²) in [6.45, 7) is 0.647. The van der Waals surface area contributed by atoms with Gasteiger partial charge in [-0.05, 0) is 18.2 Å². The molecule has 3 nitrogen and oxygen atoms in total. The maximum Gasteiger partial charge on any atom is 0.330 e. The van der Waals surface area contributed by atoms with E-state index in [-0.39, 0.29) is 12.0 Å². The lowest BCUT2D eigenvalue weighted by Gasteiger charge is -2.07. The SMILES string of the molecule is COC(=O)C1CN1c1ccc(Cl)cc1Cl. The molecule has 0 aliphatic carbocycles. The van der Waals surface area contributed by atoms with Crippen molar-refractivity contribution in [1.82, 2.24) is 0 Å². The van der Waals surface area contributed by atoms with Gasteiger partial charge in [-0.3, -0.25) is 0 Å². The number of hydrogen-bond donors (Lipinski definition) is 0. The molecule has 0 saturated carbocycles. The summed E-state index contributed by atoms with van der Waals surface area (Å²) in [5.74, 6) is -0.235. The molecule has 1 unspecified atom stereocenters. The van der Waals surface area contributed by atoms with Gasteiger partial charge in [0, 0.05) is 5.02 Å². The molecule has 1 aliphatic rings. The molecule has 1 fully saturated rings. The van der Waals surface area contributed by atoms with Gasteiger partial charge in [-0.2, -0.15) is 0 Å². The molecule has 1 saturated heterocycles. The predicted octanol–water partition coefficient (Wildman–Crippen LogP) is 2.36. The zero-order valence-corrected chi connectivity index (χ0v) is 9.55. The molecular formula is C10H9Cl2NO2. The summed E-state index contributed by atoms with van der Waals surface area (Å²) in [5, 5.41) is 1.13. The maximum absolute atomic E-state index is 11.2.